The number of aliphatic hydroxyl groups excluding tert-OH is 1. The van der Waals surface area contributed by atoms with Crippen molar-refractivity contribution in [1.82, 2.24) is 5.32 Å². The molecule has 3 heteroatoms. The predicted octanol–water partition coefficient (Wildman–Crippen LogP) is 2.09. The van der Waals surface area contributed by atoms with Crippen LogP contribution >= 0.6 is 0 Å². The Morgan fingerprint density at radius 2 is 1.76 bits per heavy atom. The van der Waals surface area contributed by atoms with Crippen LogP contribution in [0.5, 0.6) is 0 Å². The van der Waals surface area contributed by atoms with Gasteiger partial charge in [0, 0.05) is 20.3 Å². The van der Waals surface area contributed by atoms with E-state index in [0.717, 1.165) is 32.4 Å². The molecule has 1 aromatic carbocycles. The van der Waals surface area contributed by atoms with E-state index in [9.17, 15) is 0 Å². The third-order valence-corrected chi connectivity index (χ3v) is 2.67. The number of unbranched alkanes of at least 4 members (excludes halogenated alkanes) is 2. The summed E-state index contributed by atoms with van der Waals surface area (Å²) in [6.07, 6.45) is 3.13. The number of methoxy groups -OCH3 is 1. The first-order valence-electron chi connectivity index (χ1n) is 6.25. The molecule has 0 aliphatic rings. The summed E-state index contributed by atoms with van der Waals surface area (Å²) < 4.78 is 5.07. The normalized spacial score (nSPS) is 10.7. The monoisotopic (exact) mass is 237 g/mol. The Morgan fingerprint density at radius 3 is 2.41 bits per heavy atom. The maximum Gasteiger partial charge on any atom is 0.0713 e. The molecule has 0 fully saturated rings. The molecule has 0 spiro atoms. The number of aliphatic hydroxyl groups is 1. The maximum absolute atomic E-state index is 8.64. The fourth-order valence-electron chi connectivity index (χ4n) is 1.69. The highest BCUT2D eigenvalue weighted by molar-refractivity contribution is 5.21. The van der Waals surface area contributed by atoms with Gasteiger partial charge in [-0.15, -0.1) is 0 Å². The summed E-state index contributed by atoms with van der Waals surface area (Å²) in [6, 6.07) is 8.47. The SMILES string of the molecule is COCc1ccc(CNCCCCCO)cc1. The second-order valence-corrected chi connectivity index (χ2v) is 4.21. The summed E-state index contributed by atoms with van der Waals surface area (Å²) in [7, 11) is 1.71. The second kappa shape index (κ2) is 9.16. The van der Waals surface area contributed by atoms with Gasteiger partial charge in [-0.3, -0.25) is 0 Å². The molecule has 3 nitrogen and oxygen atoms in total. The summed E-state index contributed by atoms with van der Waals surface area (Å²) in [6.45, 7) is 2.90. The zero-order chi connectivity index (χ0) is 12.3. The number of ether oxygens (including phenoxy) is 1. The molecule has 0 atom stereocenters. The lowest BCUT2D eigenvalue weighted by Crippen LogP contribution is -2.14. The van der Waals surface area contributed by atoms with E-state index in [0.29, 0.717) is 13.2 Å². The lowest BCUT2D eigenvalue weighted by Gasteiger charge is -2.06. The zero-order valence-electron chi connectivity index (χ0n) is 10.6. The van der Waals surface area contributed by atoms with E-state index in [2.05, 4.69) is 29.6 Å². The molecule has 0 amide bonds. The number of hydrogen-bond donors (Lipinski definition) is 2. The molecule has 96 valence electrons. The minimum absolute atomic E-state index is 0.307. The number of nitrogens with one attached hydrogen (secondary N) is 1. The van der Waals surface area contributed by atoms with E-state index in [1.54, 1.807) is 7.11 Å². The van der Waals surface area contributed by atoms with Crippen molar-refractivity contribution in [3.8, 4) is 0 Å². The largest absolute Gasteiger partial charge is 0.396 e. The Hall–Kier alpha value is -0.900. The Kier molecular flexibility index (Phi) is 7.63. The maximum atomic E-state index is 8.64. The number of rotatable bonds is 9. The highest BCUT2D eigenvalue weighted by Gasteiger charge is 1.94. The molecule has 1 aromatic rings. The smallest absolute Gasteiger partial charge is 0.0713 e. The average molecular weight is 237 g/mol. The van der Waals surface area contributed by atoms with E-state index >= 15 is 0 Å². The van der Waals surface area contributed by atoms with E-state index in [1.165, 1.54) is 11.1 Å². The summed E-state index contributed by atoms with van der Waals surface area (Å²) >= 11 is 0. The van der Waals surface area contributed by atoms with Gasteiger partial charge >= 0.3 is 0 Å². The summed E-state index contributed by atoms with van der Waals surface area (Å²) in [5, 5.41) is 12.0. The molecular formula is C14H23NO2. The second-order valence-electron chi connectivity index (χ2n) is 4.21. The van der Waals surface area contributed by atoms with Crippen LogP contribution in [0.2, 0.25) is 0 Å². The lowest BCUT2D eigenvalue weighted by atomic mass is 10.1. The van der Waals surface area contributed by atoms with E-state index in [1.807, 2.05) is 0 Å². The van der Waals surface area contributed by atoms with Crippen molar-refractivity contribution in [2.24, 2.45) is 0 Å². The molecule has 0 bridgehead atoms. The minimum atomic E-state index is 0.307. The molecule has 17 heavy (non-hydrogen) atoms. The lowest BCUT2D eigenvalue weighted by molar-refractivity contribution is 0.185. The highest BCUT2D eigenvalue weighted by Crippen LogP contribution is 2.05. The van der Waals surface area contributed by atoms with Crippen molar-refractivity contribution in [1.29, 1.82) is 0 Å². The van der Waals surface area contributed by atoms with Gasteiger partial charge in [0.1, 0.15) is 0 Å². The van der Waals surface area contributed by atoms with Crippen molar-refractivity contribution in [2.75, 3.05) is 20.3 Å². The third kappa shape index (κ3) is 6.41. The topological polar surface area (TPSA) is 41.5 Å². The minimum Gasteiger partial charge on any atom is -0.396 e. The van der Waals surface area contributed by atoms with Gasteiger partial charge in [-0.25, -0.2) is 0 Å². The van der Waals surface area contributed by atoms with Crippen LogP contribution in [0.25, 0.3) is 0 Å². The van der Waals surface area contributed by atoms with Crippen LogP contribution in [0.4, 0.5) is 0 Å². The van der Waals surface area contributed by atoms with Crippen molar-refractivity contribution in [3.63, 3.8) is 0 Å². The van der Waals surface area contributed by atoms with Gasteiger partial charge in [0.2, 0.25) is 0 Å². The van der Waals surface area contributed by atoms with Crippen LogP contribution < -0.4 is 5.32 Å². The number of benzene rings is 1. The summed E-state index contributed by atoms with van der Waals surface area (Å²) in [5.74, 6) is 0. The molecule has 0 unspecified atom stereocenters. The van der Waals surface area contributed by atoms with Gasteiger partial charge in [-0.1, -0.05) is 24.3 Å². The molecule has 0 aliphatic carbocycles. The van der Waals surface area contributed by atoms with E-state index in [4.69, 9.17) is 9.84 Å². The Balaban J connectivity index is 2.14. The fourth-order valence-corrected chi connectivity index (χ4v) is 1.69. The van der Waals surface area contributed by atoms with Crippen molar-refractivity contribution < 1.29 is 9.84 Å². The molecule has 0 aliphatic heterocycles. The van der Waals surface area contributed by atoms with Gasteiger partial charge in [-0.2, -0.15) is 0 Å². The average Bonchev–Trinajstić information content (AvgIpc) is 2.36. The van der Waals surface area contributed by atoms with Gasteiger partial charge < -0.3 is 15.2 Å². The van der Waals surface area contributed by atoms with Crippen LogP contribution in [0, 0.1) is 0 Å². The molecule has 0 saturated carbocycles. The zero-order valence-corrected chi connectivity index (χ0v) is 10.6. The van der Waals surface area contributed by atoms with Crippen LogP contribution in [-0.4, -0.2) is 25.4 Å². The first-order chi connectivity index (χ1) is 8.36. The van der Waals surface area contributed by atoms with Gasteiger partial charge in [0.15, 0.2) is 0 Å². The molecule has 2 N–H and O–H groups in total. The van der Waals surface area contributed by atoms with E-state index in [-0.39, 0.29) is 0 Å². The number of hydrogen-bond acceptors (Lipinski definition) is 3. The molecule has 1 rings (SSSR count). The van der Waals surface area contributed by atoms with Crippen molar-refractivity contribution in [3.05, 3.63) is 35.4 Å². The highest BCUT2D eigenvalue weighted by atomic mass is 16.5. The molecule has 0 saturated heterocycles. The molecule has 0 heterocycles. The molecule has 0 radical (unpaired) electrons. The van der Waals surface area contributed by atoms with Gasteiger partial charge in [0.25, 0.3) is 0 Å². The summed E-state index contributed by atoms with van der Waals surface area (Å²) in [4.78, 5) is 0. The Bertz CT molecular complexity index is 285. The summed E-state index contributed by atoms with van der Waals surface area (Å²) in [5.41, 5.74) is 2.51. The Labute approximate surface area is 104 Å². The van der Waals surface area contributed by atoms with Gasteiger partial charge in [-0.05, 0) is 36.9 Å². The third-order valence-electron chi connectivity index (χ3n) is 2.67. The van der Waals surface area contributed by atoms with Crippen LogP contribution in [0.3, 0.4) is 0 Å². The fraction of sp³-hybridized carbons (Fsp3) is 0.571. The standard InChI is InChI=1S/C14H23NO2/c1-17-12-14-7-5-13(6-8-14)11-15-9-3-2-4-10-16/h5-8,15-16H,2-4,9-12H2,1H3. The molecule has 0 aromatic heterocycles. The predicted molar refractivity (Wildman–Crippen MR) is 69.8 cm³/mol. The van der Waals surface area contributed by atoms with Crippen LogP contribution in [-0.2, 0) is 17.9 Å². The molecular weight excluding hydrogens is 214 g/mol. The van der Waals surface area contributed by atoms with Gasteiger partial charge in [0.05, 0.1) is 6.61 Å². The van der Waals surface area contributed by atoms with Crippen molar-refractivity contribution >= 4 is 0 Å². The Morgan fingerprint density at radius 1 is 1.06 bits per heavy atom. The van der Waals surface area contributed by atoms with Crippen LogP contribution in [0.15, 0.2) is 24.3 Å². The first kappa shape index (κ1) is 14.2. The first-order valence-corrected chi connectivity index (χ1v) is 6.25. The quantitative estimate of drug-likeness (QED) is 0.646. The van der Waals surface area contributed by atoms with E-state index < -0.39 is 0 Å². The van der Waals surface area contributed by atoms with Crippen LogP contribution in [0.1, 0.15) is 30.4 Å². The van der Waals surface area contributed by atoms with Crippen molar-refractivity contribution in [2.45, 2.75) is 32.4 Å².